The van der Waals surface area contributed by atoms with Crippen LogP contribution in [0.4, 0.5) is 4.39 Å². The zero-order chi connectivity index (χ0) is 20.9. The molecule has 8 nitrogen and oxygen atoms in total. The molecule has 1 aromatic carbocycles. The van der Waals surface area contributed by atoms with E-state index >= 15 is 0 Å². The van der Waals surface area contributed by atoms with E-state index in [4.69, 9.17) is 4.98 Å². The summed E-state index contributed by atoms with van der Waals surface area (Å²) in [7, 11) is 1.87. The van der Waals surface area contributed by atoms with Crippen LogP contribution < -0.4 is 0 Å². The number of rotatable bonds is 3. The van der Waals surface area contributed by atoms with E-state index in [1.54, 1.807) is 29.2 Å². The fourth-order valence-electron chi connectivity index (χ4n) is 3.67. The predicted molar refractivity (Wildman–Crippen MR) is 114 cm³/mol. The lowest BCUT2D eigenvalue weighted by atomic mass is 10.1. The molecule has 0 aliphatic carbocycles. The van der Waals surface area contributed by atoms with Crippen molar-refractivity contribution in [2.75, 3.05) is 0 Å². The molecule has 0 aliphatic heterocycles. The van der Waals surface area contributed by atoms with Gasteiger partial charge in [-0.15, -0.1) is 0 Å². The van der Waals surface area contributed by atoms with E-state index < -0.39 is 0 Å². The number of H-pyrrole nitrogens is 2. The summed E-state index contributed by atoms with van der Waals surface area (Å²) in [5.41, 5.74) is 6.87. The van der Waals surface area contributed by atoms with Gasteiger partial charge in [0.15, 0.2) is 17.2 Å². The molecule has 0 saturated carbocycles. The van der Waals surface area contributed by atoms with Gasteiger partial charge in [0.2, 0.25) is 0 Å². The second-order valence-corrected chi connectivity index (χ2v) is 7.22. The number of nitrogens with one attached hydrogen (secondary N) is 2. The van der Waals surface area contributed by atoms with E-state index in [0.29, 0.717) is 22.7 Å². The lowest BCUT2D eigenvalue weighted by Gasteiger charge is -2.02. The van der Waals surface area contributed by atoms with Crippen molar-refractivity contribution in [3.63, 3.8) is 0 Å². The molecule has 0 amide bonds. The minimum atomic E-state index is -0.280. The van der Waals surface area contributed by atoms with Gasteiger partial charge in [-0.05, 0) is 35.9 Å². The van der Waals surface area contributed by atoms with Crippen molar-refractivity contribution in [1.29, 1.82) is 0 Å². The van der Waals surface area contributed by atoms with Crippen molar-refractivity contribution >= 4 is 22.2 Å². The van der Waals surface area contributed by atoms with Crippen molar-refractivity contribution < 1.29 is 4.39 Å². The van der Waals surface area contributed by atoms with Crippen LogP contribution in [0, 0.1) is 5.82 Å². The topological polar surface area (TPSA) is 101 Å². The molecule has 5 aromatic heterocycles. The maximum atomic E-state index is 13.4. The molecule has 0 fully saturated rings. The first-order valence-electron chi connectivity index (χ1n) is 9.61. The number of aromatic amines is 2. The highest BCUT2D eigenvalue weighted by atomic mass is 19.1. The van der Waals surface area contributed by atoms with Crippen LogP contribution >= 0.6 is 0 Å². The molecular weight excluding hydrogens is 395 g/mol. The summed E-state index contributed by atoms with van der Waals surface area (Å²) in [5.74, 6) is 0.275. The largest absolute Gasteiger partial charge is 0.335 e. The molecule has 6 aromatic rings. The molecule has 0 atom stereocenters. The van der Waals surface area contributed by atoms with E-state index in [1.807, 2.05) is 31.4 Å². The van der Waals surface area contributed by atoms with Crippen molar-refractivity contribution in [2.45, 2.75) is 0 Å². The molecule has 0 unspecified atom stereocenters. The highest BCUT2D eigenvalue weighted by Gasteiger charge is 2.17. The number of hydrogen-bond donors (Lipinski definition) is 2. The molecule has 0 saturated heterocycles. The summed E-state index contributed by atoms with van der Waals surface area (Å²) in [6, 6.07) is 12.1. The molecule has 5 heterocycles. The predicted octanol–water partition coefficient (Wildman–Crippen LogP) is 4.10. The third-order valence-electron chi connectivity index (χ3n) is 5.18. The van der Waals surface area contributed by atoms with Crippen molar-refractivity contribution in [2.24, 2.45) is 7.05 Å². The van der Waals surface area contributed by atoms with E-state index in [9.17, 15) is 4.39 Å². The minimum absolute atomic E-state index is 0.280. The Morgan fingerprint density at radius 3 is 2.65 bits per heavy atom. The van der Waals surface area contributed by atoms with E-state index in [-0.39, 0.29) is 5.82 Å². The quantitative estimate of drug-likeness (QED) is 0.457. The van der Waals surface area contributed by atoms with Crippen molar-refractivity contribution in [3.8, 4) is 33.9 Å². The van der Waals surface area contributed by atoms with Gasteiger partial charge >= 0.3 is 0 Å². The van der Waals surface area contributed by atoms with Gasteiger partial charge in [0.1, 0.15) is 11.3 Å². The molecule has 0 aliphatic rings. The van der Waals surface area contributed by atoms with Gasteiger partial charge in [-0.3, -0.25) is 9.78 Å². The van der Waals surface area contributed by atoms with Crippen molar-refractivity contribution in [1.82, 2.24) is 39.9 Å². The van der Waals surface area contributed by atoms with E-state index in [1.165, 1.54) is 12.1 Å². The Morgan fingerprint density at radius 2 is 1.84 bits per heavy atom. The van der Waals surface area contributed by atoms with Crippen LogP contribution in [-0.4, -0.2) is 39.9 Å². The SMILES string of the molecule is Cn1cc(-c2ccc3[nH]nc(-c4nc5nccc(-c6ccc(F)cc6)c5[nH]4)c3n2)cn1. The van der Waals surface area contributed by atoms with Crippen LogP contribution in [0.1, 0.15) is 0 Å². The lowest BCUT2D eigenvalue weighted by molar-refractivity contribution is 0.628. The average molecular weight is 410 g/mol. The van der Waals surface area contributed by atoms with Gasteiger partial charge in [-0.2, -0.15) is 10.2 Å². The van der Waals surface area contributed by atoms with Gasteiger partial charge in [0.25, 0.3) is 0 Å². The normalized spacial score (nSPS) is 11.5. The third kappa shape index (κ3) is 2.86. The van der Waals surface area contributed by atoms with Crippen LogP contribution in [-0.2, 0) is 7.05 Å². The van der Waals surface area contributed by atoms with Gasteiger partial charge in [-0.1, -0.05) is 12.1 Å². The van der Waals surface area contributed by atoms with Crippen LogP contribution in [0.3, 0.4) is 0 Å². The van der Waals surface area contributed by atoms with E-state index in [0.717, 1.165) is 33.4 Å². The van der Waals surface area contributed by atoms with Crippen LogP contribution in [0.2, 0.25) is 0 Å². The Hall–Kier alpha value is -4.40. The van der Waals surface area contributed by atoms with Crippen LogP contribution in [0.15, 0.2) is 61.1 Å². The van der Waals surface area contributed by atoms with E-state index in [2.05, 4.69) is 30.2 Å². The number of benzene rings is 1. The Kier molecular flexibility index (Phi) is 3.69. The molecule has 31 heavy (non-hydrogen) atoms. The van der Waals surface area contributed by atoms with Gasteiger partial charge in [0, 0.05) is 30.6 Å². The number of aromatic nitrogens is 8. The van der Waals surface area contributed by atoms with Gasteiger partial charge in [0.05, 0.1) is 22.9 Å². The Labute approximate surface area is 174 Å². The number of hydrogen-bond acceptors (Lipinski definition) is 5. The van der Waals surface area contributed by atoms with Gasteiger partial charge < -0.3 is 4.98 Å². The molecule has 150 valence electrons. The standard InChI is InChI=1S/C22H15FN8/c1-31-11-13(10-25-31)16-6-7-17-19(26-16)20(30-29-17)22-27-18-15(8-9-24-21(18)28-22)12-2-4-14(23)5-3-12/h2-11H,1H3,(H,29,30)(H,24,27,28). The first kappa shape index (κ1) is 17.5. The van der Waals surface area contributed by atoms with Crippen LogP contribution in [0.25, 0.3) is 56.1 Å². The second-order valence-electron chi connectivity index (χ2n) is 7.22. The number of imidazole rings is 1. The number of fused-ring (bicyclic) bond motifs is 2. The monoisotopic (exact) mass is 410 g/mol. The zero-order valence-corrected chi connectivity index (χ0v) is 16.3. The third-order valence-corrected chi connectivity index (χ3v) is 5.18. The second kappa shape index (κ2) is 6.56. The number of halogens is 1. The molecule has 6 rings (SSSR count). The Balaban J connectivity index is 1.50. The zero-order valence-electron chi connectivity index (χ0n) is 16.3. The summed E-state index contributed by atoms with van der Waals surface area (Å²) in [6.07, 6.45) is 5.37. The molecule has 0 bridgehead atoms. The smallest absolute Gasteiger partial charge is 0.178 e. The number of aryl methyl sites for hydroxylation is 1. The molecule has 0 spiro atoms. The molecule has 2 N–H and O–H groups in total. The highest BCUT2D eigenvalue weighted by Crippen LogP contribution is 2.31. The summed E-state index contributed by atoms with van der Waals surface area (Å²) in [6.45, 7) is 0. The lowest BCUT2D eigenvalue weighted by Crippen LogP contribution is -1.87. The Bertz CT molecular complexity index is 1560. The van der Waals surface area contributed by atoms with Gasteiger partial charge in [-0.25, -0.2) is 19.3 Å². The first-order valence-corrected chi connectivity index (χ1v) is 9.61. The summed E-state index contributed by atoms with van der Waals surface area (Å²) >= 11 is 0. The summed E-state index contributed by atoms with van der Waals surface area (Å²) in [4.78, 5) is 17.1. The highest BCUT2D eigenvalue weighted by molar-refractivity contribution is 5.94. The Morgan fingerprint density at radius 1 is 0.968 bits per heavy atom. The maximum Gasteiger partial charge on any atom is 0.178 e. The summed E-state index contributed by atoms with van der Waals surface area (Å²) in [5, 5.41) is 11.7. The fourth-order valence-corrected chi connectivity index (χ4v) is 3.67. The first-order chi connectivity index (χ1) is 15.2. The molecule has 0 radical (unpaired) electrons. The fraction of sp³-hybridized carbons (Fsp3) is 0.0455. The molecule has 9 heteroatoms. The number of pyridine rings is 2. The molecular formula is C22H15FN8. The van der Waals surface area contributed by atoms with Crippen LogP contribution in [0.5, 0.6) is 0 Å². The average Bonchev–Trinajstić information content (AvgIpc) is 3.51. The number of nitrogens with zero attached hydrogens (tertiary/aromatic N) is 6. The summed E-state index contributed by atoms with van der Waals surface area (Å²) < 4.78 is 15.1. The maximum absolute atomic E-state index is 13.4. The van der Waals surface area contributed by atoms with Crippen molar-refractivity contribution in [3.05, 3.63) is 66.9 Å². The minimum Gasteiger partial charge on any atom is -0.335 e.